The van der Waals surface area contributed by atoms with Crippen molar-refractivity contribution in [2.45, 2.75) is 6.04 Å². The highest BCUT2D eigenvalue weighted by Gasteiger charge is 2.47. The van der Waals surface area contributed by atoms with E-state index in [0.717, 1.165) is 4.90 Å². The fourth-order valence-electron chi connectivity index (χ4n) is 3.57. The SMILES string of the molecule is O=C1C(=O)N(c2cccc([N+](=O)[O-])c2)C(c2ccc(F)cc2)C1=C(O)c1ccccc1. The van der Waals surface area contributed by atoms with Crippen LogP contribution in [0.25, 0.3) is 5.76 Å². The van der Waals surface area contributed by atoms with E-state index in [2.05, 4.69) is 0 Å². The van der Waals surface area contributed by atoms with Crippen LogP contribution < -0.4 is 4.90 Å². The number of aliphatic hydroxyl groups excluding tert-OH is 1. The van der Waals surface area contributed by atoms with Crippen molar-refractivity contribution in [3.05, 3.63) is 111 Å². The number of amides is 1. The Morgan fingerprint density at radius 3 is 2.29 bits per heavy atom. The van der Waals surface area contributed by atoms with Crippen molar-refractivity contribution in [3.63, 3.8) is 0 Å². The van der Waals surface area contributed by atoms with Gasteiger partial charge in [0.1, 0.15) is 11.6 Å². The van der Waals surface area contributed by atoms with Crippen LogP contribution in [-0.2, 0) is 9.59 Å². The fraction of sp³-hybridized carbons (Fsp3) is 0.0435. The van der Waals surface area contributed by atoms with Crippen molar-refractivity contribution in [1.29, 1.82) is 0 Å². The number of anilines is 1. The average molecular weight is 418 g/mol. The third-order valence-corrected chi connectivity index (χ3v) is 5.00. The van der Waals surface area contributed by atoms with E-state index in [4.69, 9.17) is 0 Å². The molecule has 4 rings (SSSR count). The fourth-order valence-corrected chi connectivity index (χ4v) is 3.57. The van der Waals surface area contributed by atoms with Crippen LogP contribution in [0.5, 0.6) is 0 Å². The van der Waals surface area contributed by atoms with Gasteiger partial charge in [0.05, 0.1) is 22.2 Å². The highest BCUT2D eigenvalue weighted by Crippen LogP contribution is 2.42. The van der Waals surface area contributed by atoms with E-state index in [1.807, 2.05) is 0 Å². The number of aliphatic hydroxyl groups is 1. The molecule has 0 bridgehead atoms. The maximum Gasteiger partial charge on any atom is 0.300 e. The summed E-state index contributed by atoms with van der Waals surface area (Å²) in [4.78, 5) is 37.6. The summed E-state index contributed by atoms with van der Waals surface area (Å²) in [6.45, 7) is 0. The number of Topliss-reactive ketones (excluding diaryl/α,β-unsaturated/α-hetero) is 1. The second kappa shape index (κ2) is 7.83. The first-order valence-electron chi connectivity index (χ1n) is 9.25. The van der Waals surface area contributed by atoms with Gasteiger partial charge in [0.15, 0.2) is 0 Å². The topological polar surface area (TPSA) is 101 Å². The van der Waals surface area contributed by atoms with E-state index in [1.165, 1.54) is 48.5 Å². The number of rotatable bonds is 4. The van der Waals surface area contributed by atoms with E-state index < -0.39 is 28.5 Å². The molecule has 1 N–H and O–H groups in total. The number of nitrogens with zero attached hydrogens (tertiary/aromatic N) is 2. The maximum atomic E-state index is 13.5. The van der Waals surface area contributed by atoms with Crippen LogP contribution in [0.3, 0.4) is 0 Å². The summed E-state index contributed by atoms with van der Waals surface area (Å²) in [6.07, 6.45) is 0. The average Bonchev–Trinajstić information content (AvgIpc) is 3.05. The predicted molar refractivity (Wildman–Crippen MR) is 111 cm³/mol. The minimum Gasteiger partial charge on any atom is -0.507 e. The number of nitro groups is 1. The Labute approximate surface area is 175 Å². The van der Waals surface area contributed by atoms with Gasteiger partial charge in [0, 0.05) is 17.7 Å². The molecule has 0 spiro atoms. The lowest BCUT2D eigenvalue weighted by atomic mass is 9.95. The number of halogens is 1. The van der Waals surface area contributed by atoms with Crippen LogP contribution in [0.1, 0.15) is 17.2 Å². The Bertz CT molecular complexity index is 1220. The van der Waals surface area contributed by atoms with Gasteiger partial charge in [-0.3, -0.25) is 24.6 Å². The summed E-state index contributed by atoms with van der Waals surface area (Å²) in [5.74, 6) is -2.80. The summed E-state index contributed by atoms with van der Waals surface area (Å²) in [5.41, 5.74) is 0.351. The summed E-state index contributed by atoms with van der Waals surface area (Å²) in [5, 5.41) is 22.1. The lowest BCUT2D eigenvalue weighted by molar-refractivity contribution is -0.384. The number of carbonyl (C=O) groups excluding carboxylic acids is 2. The van der Waals surface area contributed by atoms with Gasteiger partial charge in [-0.1, -0.05) is 48.5 Å². The van der Waals surface area contributed by atoms with Gasteiger partial charge in [-0.15, -0.1) is 0 Å². The van der Waals surface area contributed by atoms with Crippen molar-refractivity contribution in [3.8, 4) is 0 Å². The second-order valence-electron chi connectivity index (χ2n) is 6.86. The van der Waals surface area contributed by atoms with Crippen molar-refractivity contribution >= 4 is 28.8 Å². The summed E-state index contributed by atoms with van der Waals surface area (Å²) in [6, 6.07) is 17.6. The van der Waals surface area contributed by atoms with E-state index in [9.17, 15) is 29.2 Å². The molecule has 1 aliphatic heterocycles. The van der Waals surface area contributed by atoms with Crippen LogP contribution in [0.2, 0.25) is 0 Å². The summed E-state index contributed by atoms with van der Waals surface area (Å²) in [7, 11) is 0. The monoisotopic (exact) mass is 418 g/mol. The molecule has 3 aromatic rings. The standard InChI is InChI=1S/C23H15FN2O5/c24-16-11-9-14(10-12-16)20-19(21(27)15-5-2-1-3-6-15)22(28)23(29)25(20)17-7-4-8-18(13-17)26(30)31/h1-13,20,27H. The molecule has 31 heavy (non-hydrogen) atoms. The Morgan fingerprint density at radius 2 is 1.65 bits per heavy atom. The number of hydrogen-bond donors (Lipinski definition) is 1. The molecule has 1 fully saturated rings. The molecule has 0 aliphatic carbocycles. The van der Waals surface area contributed by atoms with Gasteiger partial charge in [0.2, 0.25) is 0 Å². The normalized spacial score (nSPS) is 17.7. The lowest BCUT2D eigenvalue weighted by Crippen LogP contribution is -2.29. The Kier molecular flexibility index (Phi) is 5.04. The quantitative estimate of drug-likeness (QED) is 0.223. The molecular weight excluding hydrogens is 403 g/mol. The van der Waals surface area contributed by atoms with Crippen LogP contribution >= 0.6 is 0 Å². The van der Waals surface area contributed by atoms with Gasteiger partial charge in [0.25, 0.3) is 17.4 Å². The van der Waals surface area contributed by atoms with Crippen molar-refractivity contribution in [2.24, 2.45) is 0 Å². The van der Waals surface area contributed by atoms with Gasteiger partial charge < -0.3 is 5.11 Å². The zero-order chi connectivity index (χ0) is 22.1. The maximum absolute atomic E-state index is 13.5. The molecule has 0 aromatic heterocycles. The van der Waals surface area contributed by atoms with Crippen LogP contribution in [0.15, 0.2) is 84.4 Å². The molecular formula is C23H15FN2O5. The molecule has 1 saturated heterocycles. The zero-order valence-corrected chi connectivity index (χ0v) is 15.9. The smallest absolute Gasteiger partial charge is 0.300 e. The molecule has 8 heteroatoms. The van der Waals surface area contributed by atoms with Gasteiger partial charge in [-0.05, 0) is 23.8 Å². The lowest BCUT2D eigenvalue weighted by Gasteiger charge is -2.25. The highest BCUT2D eigenvalue weighted by atomic mass is 19.1. The predicted octanol–water partition coefficient (Wildman–Crippen LogP) is 4.36. The largest absolute Gasteiger partial charge is 0.507 e. The summed E-state index contributed by atoms with van der Waals surface area (Å²) >= 11 is 0. The van der Waals surface area contributed by atoms with E-state index in [-0.39, 0.29) is 22.7 Å². The number of nitro benzene ring substituents is 1. The molecule has 154 valence electrons. The highest BCUT2D eigenvalue weighted by molar-refractivity contribution is 6.51. The van der Waals surface area contributed by atoms with Crippen LogP contribution in [-0.4, -0.2) is 21.7 Å². The van der Waals surface area contributed by atoms with Gasteiger partial charge in [-0.2, -0.15) is 0 Å². The first-order chi connectivity index (χ1) is 14.9. The third-order valence-electron chi connectivity index (χ3n) is 5.00. The van der Waals surface area contributed by atoms with E-state index in [1.54, 1.807) is 30.3 Å². The summed E-state index contributed by atoms with van der Waals surface area (Å²) < 4.78 is 13.5. The number of ketones is 1. The molecule has 1 aliphatic rings. The molecule has 1 heterocycles. The second-order valence-corrected chi connectivity index (χ2v) is 6.86. The molecule has 1 amide bonds. The van der Waals surface area contributed by atoms with E-state index in [0.29, 0.717) is 11.1 Å². The minimum atomic E-state index is -1.09. The third kappa shape index (κ3) is 3.55. The van der Waals surface area contributed by atoms with Crippen molar-refractivity contribution < 1.29 is 24.0 Å². The number of benzene rings is 3. The van der Waals surface area contributed by atoms with Crippen LogP contribution in [0, 0.1) is 15.9 Å². The number of hydrogen-bond acceptors (Lipinski definition) is 5. The molecule has 0 radical (unpaired) electrons. The molecule has 7 nitrogen and oxygen atoms in total. The van der Waals surface area contributed by atoms with Crippen LogP contribution in [0.4, 0.5) is 15.8 Å². The first-order valence-corrected chi connectivity index (χ1v) is 9.25. The van der Waals surface area contributed by atoms with Crippen molar-refractivity contribution in [2.75, 3.05) is 4.90 Å². The Balaban J connectivity index is 1.95. The van der Waals surface area contributed by atoms with E-state index >= 15 is 0 Å². The molecule has 0 saturated carbocycles. The molecule has 1 atom stereocenters. The molecule has 1 unspecified atom stereocenters. The Morgan fingerprint density at radius 1 is 0.968 bits per heavy atom. The Hall–Kier alpha value is -4.33. The first kappa shape index (κ1) is 20.0. The van der Waals surface area contributed by atoms with Crippen molar-refractivity contribution in [1.82, 2.24) is 0 Å². The molecule has 3 aromatic carbocycles. The number of carbonyl (C=O) groups is 2. The number of non-ortho nitro benzene ring substituents is 1. The zero-order valence-electron chi connectivity index (χ0n) is 15.9. The minimum absolute atomic E-state index is 0.109. The van der Waals surface area contributed by atoms with Gasteiger partial charge >= 0.3 is 0 Å². The van der Waals surface area contributed by atoms with Gasteiger partial charge in [-0.25, -0.2) is 4.39 Å².